The predicted molar refractivity (Wildman–Crippen MR) is 150 cm³/mol. The number of ether oxygens (including phenoxy) is 3. The number of alkyl halides is 1. The fraction of sp³-hybridized carbons (Fsp3) is 0.393. The van der Waals surface area contributed by atoms with Crippen molar-refractivity contribution >= 4 is 46.1 Å². The van der Waals surface area contributed by atoms with E-state index in [0.29, 0.717) is 5.56 Å². The Kier molecular flexibility index (Phi) is 9.69. The lowest BCUT2D eigenvalue weighted by atomic mass is 9.91. The number of carbonyl (C=O) groups excluding carboxylic acids is 1. The molecule has 0 fully saturated rings. The largest absolute Gasteiger partial charge is 0.479 e. The number of halogens is 2. The maximum atomic E-state index is 15.4. The number of aliphatic carboxylic acids is 1. The van der Waals surface area contributed by atoms with Gasteiger partial charge in [-0.2, -0.15) is 9.97 Å². The zero-order valence-electron chi connectivity index (χ0n) is 22.6. The Morgan fingerprint density at radius 2 is 2.02 bits per heavy atom. The molecular formula is C28H31ClFN5O6. The molecule has 4 rings (SSSR count). The van der Waals surface area contributed by atoms with Crippen LogP contribution in [0, 0.1) is 0 Å². The molecule has 3 N–H and O–H groups in total. The van der Waals surface area contributed by atoms with Crippen molar-refractivity contribution in [3.8, 4) is 0 Å². The van der Waals surface area contributed by atoms with Crippen LogP contribution >= 0.6 is 11.6 Å². The lowest BCUT2D eigenvalue weighted by Crippen LogP contribution is -2.53. The molecule has 1 aliphatic carbocycles. The number of carboxylic acids is 1. The van der Waals surface area contributed by atoms with Crippen LogP contribution in [0.3, 0.4) is 0 Å². The maximum absolute atomic E-state index is 15.4. The van der Waals surface area contributed by atoms with Crippen molar-refractivity contribution in [2.24, 2.45) is 0 Å². The maximum Gasteiger partial charge on any atom is 0.350 e. The van der Waals surface area contributed by atoms with Crippen molar-refractivity contribution < 1.29 is 33.3 Å². The average molecular weight is 588 g/mol. The Morgan fingerprint density at radius 3 is 2.66 bits per heavy atom. The summed E-state index contributed by atoms with van der Waals surface area (Å²) < 4.78 is 32.8. The summed E-state index contributed by atoms with van der Waals surface area (Å²) in [4.78, 5) is 37.5. The zero-order valence-corrected chi connectivity index (χ0v) is 23.4. The molecule has 2 unspecified atom stereocenters. The average Bonchev–Trinajstić information content (AvgIpc) is 3.39. The van der Waals surface area contributed by atoms with Gasteiger partial charge in [0.2, 0.25) is 5.28 Å². The number of hydrogen-bond donors (Lipinski definition) is 2. The van der Waals surface area contributed by atoms with Gasteiger partial charge in [0, 0.05) is 20.0 Å². The Labute approximate surface area is 240 Å². The van der Waals surface area contributed by atoms with Gasteiger partial charge in [-0.15, -0.1) is 0 Å². The highest BCUT2D eigenvalue weighted by molar-refractivity contribution is 6.28. The van der Waals surface area contributed by atoms with Gasteiger partial charge in [-0.25, -0.2) is 19.0 Å². The van der Waals surface area contributed by atoms with Crippen molar-refractivity contribution in [3.63, 3.8) is 0 Å². The molecule has 0 saturated carbocycles. The van der Waals surface area contributed by atoms with E-state index in [1.54, 1.807) is 19.1 Å². The number of nitrogens with two attached hydrogens (primary N) is 1. The van der Waals surface area contributed by atoms with E-state index in [1.165, 1.54) is 13.4 Å². The highest BCUT2D eigenvalue weighted by atomic mass is 35.5. The number of nitrogens with zero attached hydrogens (tertiary/aromatic N) is 4. The Hall–Kier alpha value is -3.87. The molecule has 0 aliphatic heterocycles. The number of rotatable bonds is 13. The van der Waals surface area contributed by atoms with Gasteiger partial charge in [-0.05, 0) is 48.1 Å². The molecule has 41 heavy (non-hydrogen) atoms. The summed E-state index contributed by atoms with van der Waals surface area (Å²) in [6, 6.07) is 7.26. The van der Waals surface area contributed by atoms with Crippen molar-refractivity contribution in [2.75, 3.05) is 26.1 Å². The molecule has 1 aliphatic rings. The van der Waals surface area contributed by atoms with Gasteiger partial charge < -0.3 is 25.1 Å². The van der Waals surface area contributed by atoms with Crippen LogP contribution in [-0.2, 0) is 30.2 Å². The molecule has 1 aromatic carbocycles. The smallest absolute Gasteiger partial charge is 0.350 e. The number of hydrogen-bond acceptors (Lipinski definition) is 9. The van der Waals surface area contributed by atoms with E-state index in [-0.39, 0.29) is 41.7 Å². The minimum Gasteiger partial charge on any atom is -0.479 e. The van der Waals surface area contributed by atoms with E-state index in [4.69, 9.17) is 31.5 Å². The number of aromatic nitrogens is 4. The van der Waals surface area contributed by atoms with Crippen molar-refractivity contribution in [2.45, 2.75) is 50.6 Å². The molecular weight excluding hydrogens is 557 g/mol. The summed E-state index contributed by atoms with van der Waals surface area (Å²) in [5.41, 5.74) is 6.39. The third-order valence-corrected chi connectivity index (χ3v) is 6.94. The van der Waals surface area contributed by atoms with Crippen LogP contribution in [0.2, 0.25) is 5.28 Å². The molecule has 218 valence electrons. The monoisotopic (exact) mass is 587 g/mol. The molecule has 0 saturated heterocycles. The standard InChI is InChI=1S/C28H31ClFN5O6/c1-3-40-26(38)28(25(36)37,14-17-9-11-19(12-10-17)18-7-5-4-6-8-18)41-15-20(39-2)13-21(30)35-16-32-22-23(31)33-27(29)34-24(22)35/h4-5,7,9-12,16,20-21H,3,6,8,13-15H2,1-2H3,(H,36,37)(H2,31,33,34)/t20?,21?,28-/m1/s1. The van der Waals surface area contributed by atoms with Gasteiger partial charge in [0.15, 0.2) is 17.8 Å². The minimum absolute atomic E-state index is 0.00131. The lowest BCUT2D eigenvalue weighted by molar-refractivity contribution is -0.191. The fourth-order valence-electron chi connectivity index (χ4n) is 4.54. The van der Waals surface area contributed by atoms with Crippen LogP contribution in [0.4, 0.5) is 10.2 Å². The fourth-order valence-corrected chi connectivity index (χ4v) is 4.71. The third kappa shape index (κ3) is 6.72. The first-order valence-corrected chi connectivity index (χ1v) is 13.4. The topological polar surface area (TPSA) is 152 Å². The molecule has 0 amide bonds. The number of allylic oxidation sites excluding steroid dienone is 4. The SMILES string of the molecule is CCOC(=O)[C@](Cc1ccc(C2=CC=CCC2)cc1)(OCC(CC(F)n1cnc2c(N)nc(Cl)nc21)OC)C(=O)O. The van der Waals surface area contributed by atoms with Crippen molar-refractivity contribution in [1.82, 2.24) is 19.5 Å². The quantitative estimate of drug-likeness (QED) is 0.168. The summed E-state index contributed by atoms with van der Waals surface area (Å²) in [6.45, 7) is 1.08. The lowest BCUT2D eigenvalue weighted by Gasteiger charge is -2.29. The molecule has 3 aromatic rings. The van der Waals surface area contributed by atoms with E-state index in [2.05, 4.69) is 21.0 Å². The summed E-state index contributed by atoms with van der Waals surface area (Å²) in [5, 5.41) is 10.1. The normalized spacial score (nSPS) is 16.1. The molecule has 0 spiro atoms. The molecule has 0 bridgehead atoms. The number of methoxy groups -OCH3 is 1. The highest BCUT2D eigenvalue weighted by Crippen LogP contribution is 2.29. The van der Waals surface area contributed by atoms with E-state index < -0.39 is 36.5 Å². The van der Waals surface area contributed by atoms with Gasteiger partial charge in [0.05, 0.1) is 25.6 Å². The first kappa shape index (κ1) is 30.1. The van der Waals surface area contributed by atoms with E-state index >= 15 is 4.39 Å². The number of fused-ring (bicyclic) bond motifs is 1. The van der Waals surface area contributed by atoms with Crippen molar-refractivity contribution in [3.05, 3.63) is 65.2 Å². The molecule has 2 heterocycles. The summed E-state index contributed by atoms with van der Waals surface area (Å²) in [5.74, 6) is -2.60. The number of anilines is 1. The molecule has 2 aromatic heterocycles. The van der Waals surface area contributed by atoms with Crippen LogP contribution < -0.4 is 5.73 Å². The molecule has 11 nitrogen and oxygen atoms in total. The molecule has 13 heteroatoms. The Bertz CT molecular complexity index is 1460. The number of nitrogen functional groups attached to an aromatic ring is 1. The Morgan fingerprint density at radius 1 is 1.27 bits per heavy atom. The predicted octanol–water partition coefficient (Wildman–Crippen LogP) is 4.31. The van der Waals surface area contributed by atoms with Crippen LogP contribution in [0.25, 0.3) is 16.7 Å². The number of esters is 1. The van der Waals surface area contributed by atoms with Gasteiger partial charge in [-0.3, -0.25) is 4.57 Å². The number of imidazole rings is 1. The number of carbonyl (C=O) groups is 2. The van der Waals surface area contributed by atoms with Crippen LogP contribution in [0.5, 0.6) is 0 Å². The third-order valence-electron chi connectivity index (χ3n) is 6.77. The summed E-state index contributed by atoms with van der Waals surface area (Å²) in [6.07, 6.45) is 5.88. The summed E-state index contributed by atoms with van der Waals surface area (Å²) in [7, 11) is 1.32. The van der Waals surface area contributed by atoms with Crippen LogP contribution in [0.15, 0.2) is 48.8 Å². The van der Waals surface area contributed by atoms with E-state index in [0.717, 1.165) is 28.5 Å². The first-order chi connectivity index (χ1) is 19.7. The Balaban J connectivity index is 1.53. The van der Waals surface area contributed by atoms with Gasteiger partial charge in [0.25, 0.3) is 5.60 Å². The number of benzene rings is 1. The van der Waals surface area contributed by atoms with E-state index in [9.17, 15) is 14.7 Å². The number of carboxylic acid groups (broad SMARTS) is 1. The second kappa shape index (κ2) is 13.2. The minimum atomic E-state index is -2.39. The zero-order chi connectivity index (χ0) is 29.6. The molecule has 3 atom stereocenters. The van der Waals surface area contributed by atoms with Crippen LogP contribution in [-0.4, -0.2) is 68.6 Å². The highest BCUT2D eigenvalue weighted by Gasteiger charge is 2.50. The van der Waals surface area contributed by atoms with Gasteiger partial charge in [0.1, 0.15) is 5.52 Å². The summed E-state index contributed by atoms with van der Waals surface area (Å²) >= 11 is 5.87. The van der Waals surface area contributed by atoms with Gasteiger partial charge in [-0.1, -0.05) is 42.5 Å². The van der Waals surface area contributed by atoms with E-state index in [1.807, 2.05) is 24.3 Å². The first-order valence-electron chi connectivity index (χ1n) is 13.0. The second-order valence-corrected chi connectivity index (χ2v) is 9.76. The van der Waals surface area contributed by atoms with Gasteiger partial charge >= 0.3 is 11.9 Å². The van der Waals surface area contributed by atoms with Crippen molar-refractivity contribution in [1.29, 1.82) is 0 Å². The second-order valence-electron chi connectivity index (χ2n) is 9.43. The molecule has 0 radical (unpaired) electrons. The van der Waals surface area contributed by atoms with Crippen LogP contribution in [0.1, 0.15) is 43.6 Å².